The summed E-state index contributed by atoms with van der Waals surface area (Å²) in [5.41, 5.74) is 35.4. The van der Waals surface area contributed by atoms with Gasteiger partial charge in [-0.05, 0) is 240 Å². The van der Waals surface area contributed by atoms with E-state index in [9.17, 15) is 84.1 Å². The summed E-state index contributed by atoms with van der Waals surface area (Å²) in [7, 11) is 0. The van der Waals surface area contributed by atoms with Crippen LogP contribution in [0.4, 0.5) is 166 Å². The first kappa shape index (κ1) is 102. The number of rotatable bonds is 18. The van der Waals surface area contributed by atoms with Crippen molar-refractivity contribution < 1.29 is 84.1 Å². The topological polar surface area (TPSA) is 428 Å². The van der Waals surface area contributed by atoms with Gasteiger partial charge in [-0.15, -0.1) is 0 Å². The van der Waals surface area contributed by atoms with Gasteiger partial charge in [0, 0.05) is 93.4 Å². The Bertz CT molecular complexity index is 8240. The molecule has 9 aromatic carbocycles. The molecule has 22 rings (SSSR count). The predicted octanol–water partition coefficient (Wildman–Crippen LogP) is 24.1. The van der Waals surface area contributed by atoms with Crippen LogP contribution < -0.4 is 55.3 Å². The molecule has 11 heterocycles. The maximum atomic E-state index is 13.9. The third kappa shape index (κ3) is 23.6. The van der Waals surface area contributed by atoms with Crippen LogP contribution in [-0.4, -0.2) is 103 Å². The third-order valence-corrected chi connectivity index (χ3v) is 23.3. The molecule has 2 fully saturated rings. The molecule has 0 unspecified atom stereocenters. The smallest absolute Gasteiger partial charge is 0.390 e. The minimum Gasteiger partial charge on any atom is -0.390 e. The quantitative estimate of drug-likeness (QED) is 0.0355. The normalized spacial score (nSPS) is 12.8. The Morgan fingerprint density at radius 1 is 0.313 bits per heavy atom. The van der Waals surface area contributed by atoms with E-state index in [1.54, 1.807) is 30.4 Å². The van der Waals surface area contributed by atoms with Crippen LogP contribution in [0.25, 0.3) is 85.1 Å². The zero-order valence-corrected chi connectivity index (χ0v) is 79.3. The summed E-state index contributed by atoms with van der Waals surface area (Å²) in [6.07, 6.45) is -17.0. The number of hydrogen-bond acceptors (Lipinski definition) is 26. The standard InChI is InChI=1S/2C21H16F4N6.C20H17F3N6.C19H14BrF3N6.C19H14F4N6O/c22-13-5-8-16-15(9-13)28-19(11-1-2-11)31(16)20-29-17(26)10-18(30-20)27-14-6-3-12(4-7-14)21(23,24)25;22-13-5-8-15-16(9-13)31(19(28-15)11-1-2-11)20-29-17(26)10-18(30-20)27-14-6-3-12(4-7-14)21(23,24)25;1-11-3-8-15-16(9-11)29(12(2)25-15)19-27-17(24)10-18(28-19)26-14-6-4-13(5-7-14)20(21,22)23;1-10-25-14-7-4-12(20)8-15(14)29(10)18-27-16(24)9-17(28-18)26-13-5-2-11(3-6-13)19(21,22)23;20-11-3-6-16-26-13(9-30)17(29(16)8-11)18-27-14(24)7-15(28-18)25-12-4-1-10(2-5-12)19(21,22)23/h2*3-11H,1-2H2,(H3,26,27,29,30);3-10H,1-2H3,(H3,24,26,27,28);2-9H,1H3,(H3,24,26,27,28);1-8,30H,9H2,(H3,24,25,27,28). The molecule has 0 aliphatic heterocycles. The fraction of sp³-hybridized carbons (Fsp3) is 0.150. The summed E-state index contributed by atoms with van der Waals surface area (Å²) in [5.74, 6) is 5.43. The lowest BCUT2D eigenvalue weighted by Gasteiger charge is -2.12. The van der Waals surface area contributed by atoms with Crippen molar-refractivity contribution in [2.45, 2.75) is 95.8 Å². The van der Waals surface area contributed by atoms with Gasteiger partial charge in [-0.3, -0.25) is 22.7 Å². The van der Waals surface area contributed by atoms with E-state index < -0.39 is 82.8 Å². The number of nitrogen functional groups attached to an aromatic ring is 5. The van der Waals surface area contributed by atoms with Gasteiger partial charge in [-0.25, -0.2) is 48.1 Å². The third-order valence-electron chi connectivity index (χ3n) is 22.9. The highest BCUT2D eigenvalue weighted by molar-refractivity contribution is 9.10. The second kappa shape index (κ2) is 40.9. The molecular weight excluding hydrogens is 2060 g/mol. The SMILES string of the molecule is Cc1ccc2nc(C)n(-c3nc(N)cc(Nc4ccc(C(F)(F)F)cc4)n3)c2c1.Cc1nc2ccc(Br)cc2n1-c1nc(N)cc(Nc2ccc(C(F)(F)F)cc2)n1.Nc1cc(Nc2ccc(C(F)(F)F)cc2)nc(-c2c(CO)nc3ccc(F)cn23)n1.Nc1cc(Nc2ccc(C(F)(F)F)cc2)nc(-n2c(C3CC3)nc3cc(F)ccc32)n1.Nc1cc(Nc2ccc(C(F)(F)F)cc2)nc(-n2c(C3CC3)nc3ccc(F)cc32)n1. The van der Waals surface area contributed by atoms with Crippen LogP contribution in [0.3, 0.4) is 0 Å². The number of aliphatic hydroxyl groups excluding tert-OH is 1. The van der Waals surface area contributed by atoms with E-state index in [4.69, 9.17) is 28.7 Å². The minimum absolute atomic E-state index is 0.0599. The second-order valence-electron chi connectivity index (χ2n) is 34.1. The van der Waals surface area contributed by atoms with Crippen LogP contribution >= 0.6 is 15.9 Å². The summed E-state index contributed by atoms with van der Waals surface area (Å²) in [5, 5.41) is 24.3. The van der Waals surface area contributed by atoms with Gasteiger partial charge < -0.3 is 60.4 Å². The van der Waals surface area contributed by atoms with Crippen molar-refractivity contribution in [3.05, 3.63) is 327 Å². The molecule has 16 N–H and O–H groups in total. The lowest BCUT2D eigenvalue weighted by molar-refractivity contribution is -0.138. The highest BCUT2D eigenvalue weighted by atomic mass is 79.9. The highest BCUT2D eigenvalue weighted by Crippen LogP contribution is 2.45. The van der Waals surface area contributed by atoms with Gasteiger partial charge in [0.15, 0.2) is 5.82 Å². The van der Waals surface area contributed by atoms with Gasteiger partial charge in [0.25, 0.3) is 0 Å². The van der Waals surface area contributed by atoms with E-state index in [1.807, 2.05) is 57.2 Å². The number of alkyl halides is 15. The molecule has 50 heteroatoms. The molecule has 2 aliphatic carbocycles. The van der Waals surface area contributed by atoms with Crippen molar-refractivity contribution >= 4 is 152 Å². The van der Waals surface area contributed by atoms with Crippen molar-refractivity contribution in [1.82, 2.24) is 97.4 Å². The van der Waals surface area contributed by atoms with Crippen LogP contribution in [-0.2, 0) is 37.5 Å². The monoisotopic (exact) mass is 2130 g/mol. The molecule has 2 aliphatic rings. The molecule has 0 amide bonds. The van der Waals surface area contributed by atoms with E-state index in [1.165, 1.54) is 138 Å². The van der Waals surface area contributed by atoms with Crippen LogP contribution in [0.2, 0.25) is 0 Å². The van der Waals surface area contributed by atoms with Crippen LogP contribution in [0.1, 0.15) is 99.9 Å². The number of hydrogen-bond donors (Lipinski definition) is 11. The number of anilines is 15. The first-order chi connectivity index (χ1) is 71.2. The second-order valence-corrected chi connectivity index (χ2v) is 35.0. The van der Waals surface area contributed by atoms with Crippen molar-refractivity contribution in [3.63, 3.8) is 0 Å². The highest BCUT2D eigenvalue weighted by Gasteiger charge is 2.38. The maximum absolute atomic E-state index is 13.9. The van der Waals surface area contributed by atoms with Crippen LogP contribution in [0, 0.1) is 38.2 Å². The summed E-state index contributed by atoms with van der Waals surface area (Å²) in [6, 6.07) is 53.0. The van der Waals surface area contributed by atoms with Gasteiger partial charge >= 0.3 is 30.9 Å². The van der Waals surface area contributed by atoms with E-state index in [-0.39, 0.29) is 75.9 Å². The van der Waals surface area contributed by atoms with Crippen molar-refractivity contribution in [2.75, 3.05) is 55.3 Å². The number of nitrogens with zero attached hydrogens (tertiary/aromatic N) is 20. The summed E-state index contributed by atoms with van der Waals surface area (Å²) in [4.78, 5) is 66.0. The van der Waals surface area contributed by atoms with Gasteiger partial charge in [0.1, 0.15) is 110 Å². The summed E-state index contributed by atoms with van der Waals surface area (Å²) in [6.45, 7) is 5.19. The number of fused-ring (bicyclic) bond motifs is 5. The van der Waals surface area contributed by atoms with Crippen molar-refractivity contribution in [2.24, 2.45) is 0 Å². The van der Waals surface area contributed by atoms with Crippen molar-refractivity contribution in [3.8, 4) is 35.3 Å². The molecule has 766 valence electrons. The number of aromatic nitrogens is 20. The molecule has 20 aromatic rings. The minimum atomic E-state index is -4.44. The molecule has 11 aromatic heterocycles. The first-order valence-corrected chi connectivity index (χ1v) is 45.7. The Hall–Kier alpha value is -17.9. The average molecular weight is 2140 g/mol. The zero-order valence-electron chi connectivity index (χ0n) is 77.7. The predicted molar refractivity (Wildman–Crippen MR) is 530 cm³/mol. The molecule has 0 spiro atoms. The van der Waals surface area contributed by atoms with Gasteiger partial charge in [-0.2, -0.15) is 106 Å². The fourth-order valence-electron chi connectivity index (χ4n) is 15.7. The van der Waals surface area contributed by atoms with E-state index in [0.717, 1.165) is 130 Å². The molecular formula is C100H77BrF18N30O. The molecule has 2 saturated carbocycles. The fourth-order valence-corrected chi connectivity index (χ4v) is 16.1. The maximum Gasteiger partial charge on any atom is 0.416 e. The van der Waals surface area contributed by atoms with Crippen LogP contribution in [0.15, 0.2) is 247 Å². The zero-order chi connectivity index (χ0) is 106. The number of imidazole rings is 5. The number of benzene rings is 9. The lowest BCUT2D eigenvalue weighted by Crippen LogP contribution is -2.09. The number of aliphatic hydroxyl groups is 1. The van der Waals surface area contributed by atoms with Gasteiger partial charge in [0.05, 0.1) is 84.3 Å². The molecule has 0 saturated heterocycles. The number of aryl methyl sites for hydroxylation is 3. The Balaban J connectivity index is 0.000000122. The lowest BCUT2D eigenvalue weighted by atomic mass is 10.2. The summed E-state index contributed by atoms with van der Waals surface area (Å²) >= 11 is 3.44. The van der Waals surface area contributed by atoms with Gasteiger partial charge in [0.2, 0.25) is 23.8 Å². The number of nitrogens with two attached hydrogens (primary N) is 5. The van der Waals surface area contributed by atoms with E-state index in [0.29, 0.717) is 103 Å². The average Bonchev–Trinajstić information content (AvgIpc) is 1.60. The van der Waals surface area contributed by atoms with E-state index >= 15 is 0 Å². The van der Waals surface area contributed by atoms with E-state index in [2.05, 4.69) is 117 Å². The number of nitrogens with one attached hydrogen (secondary N) is 5. The molecule has 150 heavy (non-hydrogen) atoms. The Morgan fingerprint density at radius 2 is 0.633 bits per heavy atom. The molecule has 0 bridgehead atoms. The first-order valence-electron chi connectivity index (χ1n) is 44.9. The number of halogens is 19. The molecule has 0 radical (unpaired) electrons. The van der Waals surface area contributed by atoms with Crippen LogP contribution in [0.5, 0.6) is 0 Å². The molecule has 0 atom stereocenters. The Labute approximate surface area is 843 Å². The summed E-state index contributed by atoms with van der Waals surface area (Å²) < 4.78 is 242. The molecule has 31 nitrogen and oxygen atoms in total. The van der Waals surface area contributed by atoms with Gasteiger partial charge in [-0.1, -0.05) is 22.0 Å². The largest absolute Gasteiger partial charge is 0.416 e. The Morgan fingerprint density at radius 3 is 1.02 bits per heavy atom. The number of pyridine rings is 1. The Kier molecular flexibility index (Phi) is 27.8. The van der Waals surface area contributed by atoms with Crippen molar-refractivity contribution in [1.29, 1.82) is 0 Å².